The van der Waals surface area contributed by atoms with Gasteiger partial charge in [0.1, 0.15) is 5.75 Å². The van der Waals surface area contributed by atoms with Crippen LogP contribution < -0.4 is 10.1 Å². The number of halogens is 3. The number of hydrogen-bond acceptors (Lipinski definition) is 5. The SMILES string of the molecule is CCn1c(SCC(=O)Nc2cc(Cl)ccc2Cl)nnc1C(C)Oc1cccc(Cl)c1. The summed E-state index contributed by atoms with van der Waals surface area (Å²) in [5, 5.41) is 13.4. The van der Waals surface area contributed by atoms with Gasteiger partial charge in [0.05, 0.1) is 16.5 Å². The van der Waals surface area contributed by atoms with Crippen molar-refractivity contribution in [2.24, 2.45) is 0 Å². The molecule has 6 nitrogen and oxygen atoms in total. The third-order valence-electron chi connectivity index (χ3n) is 4.07. The van der Waals surface area contributed by atoms with Crippen LogP contribution in [0.2, 0.25) is 15.1 Å². The van der Waals surface area contributed by atoms with Gasteiger partial charge in [0.25, 0.3) is 0 Å². The highest BCUT2D eigenvalue weighted by Crippen LogP contribution is 2.28. The minimum atomic E-state index is -0.343. The number of anilines is 1. The Hall–Kier alpha value is -1.93. The van der Waals surface area contributed by atoms with Crippen LogP contribution >= 0.6 is 46.6 Å². The van der Waals surface area contributed by atoms with Crippen molar-refractivity contribution in [1.29, 1.82) is 0 Å². The molecule has 10 heteroatoms. The van der Waals surface area contributed by atoms with Gasteiger partial charge in [-0.15, -0.1) is 10.2 Å². The molecule has 0 spiro atoms. The molecule has 2 aromatic carbocycles. The molecule has 1 amide bonds. The maximum absolute atomic E-state index is 12.3. The van der Waals surface area contributed by atoms with Crippen molar-refractivity contribution < 1.29 is 9.53 Å². The monoisotopic (exact) mass is 484 g/mol. The summed E-state index contributed by atoms with van der Waals surface area (Å²) >= 11 is 19.3. The first-order valence-electron chi connectivity index (χ1n) is 9.10. The van der Waals surface area contributed by atoms with Gasteiger partial charge in [0, 0.05) is 16.6 Å². The predicted molar refractivity (Wildman–Crippen MR) is 122 cm³/mol. The van der Waals surface area contributed by atoms with Crippen molar-refractivity contribution in [1.82, 2.24) is 14.8 Å². The minimum Gasteiger partial charge on any atom is -0.483 e. The summed E-state index contributed by atoms with van der Waals surface area (Å²) in [6.45, 7) is 4.50. The first-order valence-corrected chi connectivity index (χ1v) is 11.2. The zero-order chi connectivity index (χ0) is 21.7. The third-order valence-corrected chi connectivity index (χ3v) is 5.84. The Morgan fingerprint density at radius 1 is 1.17 bits per heavy atom. The first kappa shape index (κ1) is 22.7. The molecule has 0 fully saturated rings. The van der Waals surface area contributed by atoms with Crippen LogP contribution in [0.4, 0.5) is 5.69 Å². The van der Waals surface area contributed by atoms with Crippen LogP contribution in [0.25, 0.3) is 0 Å². The summed E-state index contributed by atoms with van der Waals surface area (Å²) in [6.07, 6.45) is -0.343. The normalized spacial score (nSPS) is 11.9. The van der Waals surface area contributed by atoms with E-state index in [1.165, 1.54) is 11.8 Å². The summed E-state index contributed by atoms with van der Waals surface area (Å²) in [6, 6.07) is 12.1. The zero-order valence-corrected chi connectivity index (χ0v) is 19.3. The predicted octanol–water partition coefficient (Wildman–Crippen LogP) is 6.13. The molecule has 0 aliphatic carbocycles. The Labute approximate surface area is 193 Å². The highest BCUT2D eigenvalue weighted by Gasteiger charge is 2.19. The highest BCUT2D eigenvalue weighted by molar-refractivity contribution is 7.99. The molecule has 158 valence electrons. The Kier molecular flexibility index (Phi) is 7.88. The van der Waals surface area contributed by atoms with E-state index < -0.39 is 0 Å². The molecule has 0 saturated heterocycles. The fourth-order valence-electron chi connectivity index (χ4n) is 2.71. The second-order valence-corrected chi connectivity index (χ2v) is 8.49. The van der Waals surface area contributed by atoms with E-state index >= 15 is 0 Å². The summed E-state index contributed by atoms with van der Waals surface area (Å²) in [4.78, 5) is 12.3. The lowest BCUT2D eigenvalue weighted by molar-refractivity contribution is -0.113. The number of rotatable bonds is 8. The van der Waals surface area contributed by atoms with Crippen molar-refractivity contribution in [3.63, 3.8) is 0 Å². The van der Waals surface area contributed by atoms with Gasteiger partial charge in [-0.3, -0.25) is 4.79 Å². The Balaban J connectivity index is 1.65. The lowest BCUT2D eigenvalue weighted by Crippen LogP contribution is -2.15. The largest absolute Gasteiger partial charge is 0.483 e. The van der Waals surface area contributed by atoms with Gasteiger partial charge < -0.3 is 14.6 Å². The Morgan fingerprint density at radius 2 is 1.93 bits per heavy atom. The lowest BCUT2D eigenvalue weighted by atomic mass is 10.3. The fourth-order valence-corrected chi connectivity index (χ4v) is 4.04. The average molecular weight is 486 g/mol. The summed E-state index contributed by atoms with van der Waals surface area (Å²) < 4.78 is 7.86. The number of benzene rings is 2. The number of nitrogens with zero attached hydrogens (tertiary/aromatic N) is 3. The van der Waals surface area contributed by atoms with Gasteiger partial charge in [0.2, 0.25) is 5.91 Å². The van der Waals surface area contributed by atoms with Crippen LogP contribution in [0.15, 0.2) is 47.6 Å². The van der Waals surface area contributed by atoms with Crippen LogP contribution in [0.5, 0.6) is 5.75 Å². The molecule has 30 heavy (non-hydrogen) atoms. The van der Waals surface area contributed by atoms with Gasteiger partial charge in [-0.1, -0.05) is 52.6 Å². The minimum absolute atomic E-state index is 0.143. The Bertz CT molecular complexity index is 1040. The molecular formula is C20H19Cl3N4O2S. The second kappa shape index (κ2) is 10.4. The van der Waals surface area contributed by atoms with Gasteiger partial charge in [-0.2, -0.15) is 0 Å². The number of nitrogens with one attached hydrogen (secondary N) is 1. The lowest BCUT2D eigenvalue weighted by Gasteiger charge is -2.15. The third kappa shape index (κ3) is 5.82. The van der Waals surface area contributed by atoms with Crippen molar-refractivity contribution >= 4 is 58.2 Å². The van der Waals surface area contributed by atoms with E-state index in [1.54, 1.807) is 30.3 Å². The van der Waals surface area contributed by atoms with E-state index in [2.05, 4.69) is 15.5 Å². The molecule has 0 bridgehead atoms. The second-order valence-electron chi connectivity index (χ2n) is 6.26. The topological polar surface area (TPSA) is 69.0 Å². The number of ether oxygens (including phenoxy) is 1. The van der Waals surface area contributed by atoms with E-state index in [4.69, 9.17) is 39.5 Å². The molecule has 0 saturated carbocycles. The van der Waals surface area contributed by atoms with Crippen LogP contribution in [0, 0.1) is 0 Å². The average Bonchev–Trinajstić information content (AvgIpc) is 3.12. The molecule has 1 aromatic heterocycles. The van der Waals surface area contributed by atoms with Crippen molar-refractivity contribution in [2.45, 2.75) is 31.7 Å². The Morgan fingerprint density at radius 3 is 2.67 bits per heavy atom. The van der Waals surface area contributed by atoms with Crippen LogP contribution in [0.1, 0.15) is 25.8 Å². The quantitative estimate of drug-likeness (QED) is 0.389. The van der Waals surface area contributed by atoms with Crippen LogP contribution in [-0.4, -0.2) is 26.4 Å². The van der Waals surface area contributed by atoms with Crippen molar-refractivity contribution in [2.75, 3.05) is 11.1 Å². The van der Waals surface area contributed by atoms with Crippen LogP contribution in [-0.2, 0) is 11.3 Å². The fraction of sp³-hybridized carbons (Fsp3) is 0.250. The number of aromatic nitrogens is 3. The van der Waals surface area contributed by atoms with E-state index in [1.807, 2.05) is 30.5 Å². The van der Waals surface area contributed by atoms with Gasteiger partial charge >= 0.3 is 0 Å². The summed E-state index contributed by atoms with van der Waals surface area (Å²) in [7, 11) is 0. The number of carbonyl (C=O) groups excluding carboxylic acids is 1. The molecule has 1 heterocycles. The smallest absolute Gasteiger partial charge is 0.234 e. The van der Waals surface area contributed by atoms with Gasteiger partial charge in [-0.05, 0) is 50.2 Å². The molecule has 0 aliphatic rings. The standard InChI is InChI=1S/C20H19Cl3N4O2S/c1-3-27-19(12(2)29-15-6-4-5-13(21)9-15)25-26-20(27)30-11-18(28)24-17-10-14(22)7-8-16(17)23/h4-10,12H,3,11H2,1-2H3,(H,24,28). The van der Waals surface area contributed by atoms with E-state index in [-0.39, 0.29) is 17.8 Å². The summed E-state index contributed by atoms with van der Waals surface area (Å²) in [5.74, 6) is 1.23. The van der Waals surface area contributed by atoms with Gasteiger partial charge in [0.15, 0.2) is 17.1 Å². The number of thioether (sulfide) groups is 1. The zero-order valence-electron chi connectivity index (χ0n) is 16.2. The molecule has 0 aliphatic heterocycles. The van der Waals surface area contributed by atoms with Crippen molar-refractivity contribution in [3.05, 3.63) is 63.4 Å². The number of carbonyl (C=O) groups is 1. The van der Waals surface area contributed by atoms with E-state index in [9.17, 15) is 4.79 Å². The maximum atomic E-state index is 12.3. The molecular weight excluding hydrogens is 467 g/mol. The van der Waals surface area contributed by atoms with E-state index in [0.29, 0.717) is 44.0 Å². The maximum Gasteiger partial charge on any atom is 0.234 e. The van der Waals surface area contributed by atoms with Crippen molar-refractivity contribution in [3.8, 4) is 5.75 Å². The number of amides is 1. The molecule has 1 N–H and O–H groups in total. The molecule has 3 aromatic rings. The van der Waals surface area contributed by atoms with Gasteiger partial charge in [-0.25, -0.2) is 0 Å². The molecule has 0 radical (unpaired) electrons. The highest BCUT2D eigenvalue weighted by atomic mass is 35.5. The number of hydrogen-bond donors (Lipinski definition) is 1. The first-order chi connectivity index (χ1) is 14.4. The van der Waals surface area contributed by atoms with Crippen LogP contribution in [0.3, 0.4) is 0 Å². The molecule has 3 rings (SSSR count). The molecule has 1 unspecified atom stereocenters. The molecule has 1 atom stereocenters. The van der Waals surface area contributed by atoms with E-state index in [0.717, 1.165) is 0 Å². The summed E-state index contributed by atoms with van der Waals surface area (Å²) in [5.41, 5.74) is 0.468.